The summed E-state index contributed by atoms with van der Waals surface area (Å²) in [5.41, 5.74) is 2.44. The summed E-state index contributed by atoms with van der Waals surface area (Å²) < 4.78 is 9.21. The summed E-state index contributed by atoms with van der Waals surface area (Å²) in [4.78, 5) is 12.6. The van der Waals surface area contributed by atoms with Gasteiger partial charge in [0.05, 0.1) is 18.4 Å². The Labute approximate surface area is 189 Å². The highest BCUT2D eigenvalue weighted by Crippen LogP contribution is 2.31. The third-order valence-electron chi connectivity index (χ3n) is 4.59. The minimum Gasteiger partial charge on any atom is -0.496 e. The van der Waals surface area contributed by atoms with E-state index in [0.717, 1.165) is 11.1 Å². The number of aryl methyl sites for hydroxylation is 1. The van der Waals surface area contributed by atoms with Gasteiger partial charge in [0.2, 0.25) is 11.1 Å². The third-order valence-corrected chi connectivity index (χ3v) is 5.74. The van der Waals surface area contributed by atoms with Crippen LogP contribution >= 0.6 is 23.4 Å². The Bertz CT molecular complexity index is 1210. The highest BCUT2D eigenvalue weighted by atomic mass is 35.5. The van der Waals surface area contributed by atoms with E-state index in [1.165, 1.54) is 11.8 Å². The summed E-state index contributed by atoms with van der Waals surface area (Å²) in [7, 11) is 1.62. The zero-order valence-corrected chi connectivity index (χ0v) is 18.5. The van der Waals surface area contributed by atoms with Gasteiger partial charge in [-0.3, -0.25) is 9.47 Å². The number of rotatable bonds is 7. The fraction of sp³-hybridized carbons (Fsp3) is 0.136. The Kier molecular flexibility index (Phi) is 6.29. The molecule has 1 N–H and O–H groups in total. The fourth-order valence-electron chi connectivity index (χ4n) is 3.06. The van der Waals surface area contributed by atoms with Gasteiger partial charge in [-0.2, -0.15) is 0 Å². The molecule has 0 radical (unpaired) electrons. The first-order valence-corrected chi connectivity index (χ1v) is 10.8. The molecule has 0 aliphatic heterocycles. The molecule has 0 saturated heterocycles. The Morgan fingerprint density at radius 2 is 1.90 bits per heavy atom. The number of carbonyl (C=O) groups is 1. The molecule has 7 nitrogen and oxygen atoms in total. The van der Waals surface area contributed by atoms with Crippen molar-refractivity contribution in [1.82, 2.24) is 19.5 Å². The van der Waals surface area contributed by atoms with Gasteiger partial charge in [0.25, 0.3) is 0 Å². The molecule has 1 amide bonds. The SMILES string of the molecule is COc1ccccc1-c1nnc(SCC(=O)Nc2cc(Cl)ccc2C)n1-n1cccc1. The zero-order valence-electron chi connectivity index (χ0n) is 16.9. The molecule has 4 rings (SSSR count). The number of ether oxygens (including phenoxy) is 1. The Morgan fingerprint density at radius 3 is 2.68 bits per heavy atom. The number of nitrogens with one attached hydrogen (secondary N) is 1. The maximum Gasteiger partial charge on any atom is 0.234 e. The van der Waals surface area contributed by atoms with Crippen LogP contribution < -0.4 is 10.1 Å². The van der Waals surface area contributed by atoms with Gasteiger partial charge in [0.1, 0.15) is 5.75 Å². The molecule has 0 unspecified atom stereocenters. The largest absolute Gasteiger partial charge is 0.496 e. The van der Waals surface area contributed by atoms with Crippen molar-refractivity contribution < 1.29 is 9.53 Å². The van der Waals surface area contributed by atoms with Crippen LogP contribution in [0.2, 0.25) is 5.02 Å². The van der Waals surface area contributed by atoms with E-state index in [1.807, 2.05) is 71.1 Å². The van der Waals surface area contributed by atoms with Crippen molar-refractivity contribution in [2.75, 3.05) is 18.2 Å². The summed E-state index contributed by atoms with van der Waals surface area (Å²) in [6, 6.07) is 16.8. The molecular formula is C22H20ClN5O2S. The fourth-order valence-corrected chi connectivity index (χ4v) is 3.97. The Morgan fingerprint density at radius 1 is 1.13 bits per heavy atom. The molecule has 31 heavy (non-hydrogen) atoms. The van der Waals surface area contributed by atoms with E-state index < -0.39 is 0 Å². The summed E-state index contributed by atoms with van der Waals surface area (Å²) in [6.45, 7) is 1.92. The lowest BCUT2D eigenvalue weighted by atomic mass is 10.2. The highest BCUT2D eigenvalue weighted by molar-refractivity contribution is 7.99. The number of thioether (sulfide) groups is 1. The van der Waals surface area contributed by atoms with Crippen molar-refractivity contribution in [3.63, 3.8) is 0 Å². The van der Waals surface area contributed by atoms with Crippen LogP contribution in [0, 0.1) is 6.92 Å². The van der Waals surface area contributed by atoms with Crippen molar-refractivity contribution in [2.45, 2.75) is 12.1 Å². The molecule has 0 aliphatic rings. The van der Waals surface area contributed by atoms with E-state index in [9.17, 15) is 4.79 Å². The molecular weight excluding hydrogens is 434 g/mol. The van der Waals surface area contributed by atoms with E-state index >= 15 is 0 Å². The minimum atomic E-state index is -0.156. The van der Waals surface area contributed by atoms with Crippen molar-refractivity contribution in [2.24, 2.45) is 0 Å². The summed E-state index contributed by atoms with van der Waals surface area (Å²) in [6.07, 6.45) is 3.78. The van der Waals surface area contributed by atoms with Crippen molar-refractivity contribution in [1.29, 1.82) is 0 Å². The number of hydrogen-bond acceptors (Lipinski definition) is 5. The molecule has 4 aromatic rings. The van der Waals surface area contributed by atoms with E-state index in [2.05, 4.69) is 15.5 Å². The molecule has 0 saturated carbocycles. The van der Waals surface area contributed by atoms with Crippen LogP contribution in [0.15, 0.2) is 72.1 Å². The smallest absolute Gasteiger partial charge is 0.234 e. The average Bonchev–Trinajstić information content (AvgIpc) is 3.44. The predicted octanol–water partition coefficient (Wildman–Crippen LogP) is 4.76. The Balaban J connectivity index is 1.60. The number of nitrogens with zero attached hydrogens (tertiary/aromatic N) is 4. The highest BCUT2D eigenvalue weighted by Gasteiger charge is 2.19. The van der Waals surface area contributed by atoms with Gasteiger partial charge in [-0.15, -0.1) is 10.2 Å². The lowest BCUT2D eigenvalue weighted by molar-refractivity contribution is -0.113. The number of amides is 1. The molecule has 0 fully saturated rings. The van der Waals surface area contributed by atoms with Gasteiger partial charge in [0, 0.05) is 23.1 Å². The molecule has 2 aromatic carbocycles. The quantitative estimate of drug-likeness (QED) is 0.408. The molecule has 158 valence electrons. The molecule has 0 spiro atoms. The Hall–Kier alpha value is -3.23. The second kappa shape index (κ2) is 9.28. The van der Waals surface area contributed by atoms with Gasteiger partial charge in [-0.1, -0.05) is 41.6 Å². The number of para-hydroxylation sites is 1. The van der Waals surface area contributed by atoms with Gasteiger partial charge in [0.15, 0.2) is 5.82 Å². The van der Waals surface area contributed by atoms with Crippen LogP contribution in [0.3, 0.4) is 0 Å². The zero-order chi connectivity index (χ0) is 21.8. The standard InChI is InChI=1S/C22H20ClN5O2S/c1-15-9-10-16(23)13-18(15)24-20(29)14-31-22-26-25-21(28(22)27-11-5-6-12-27)17-7-3-4-8-19(17)30-2/h3-13H,14H2,1-2H3,(H,24,29). The number of methoxy groups -OCH3 is 1. The van der Waals surface area contributed by atoms with Gasteiger partial charge in [-0.05, 0) is 48.9 Å². The number of anilines is 1. The van der Waals surface area contributed by atoms with Crippen LogP contribution in [0.25, 0.3) is 11.4 Å². The third kappa shape index (κ3) is 4.60. The molecule has 9 heteroatoms. The lowest BCUT2D eigenvalue weighted by Crippen LogP contribution is -2.16. The first-order chi connectivity index (χ1) is 15.1. The van der Waals surface area contributed by atoms with Gasteiger partial charge >= 0.3 is 0 Å². The van der Waals surface area contributed by atoms with Crippen molar-refractivity contribution in [3.05, 3.63) is 77.6 Å². The summed E-state index contributed by atoms with van der Waals surface area (Å²) in [5, 5.41) is 12.8. The van der Waals surface area contributed by atoms with E-state index in [0.29, 0.717) is 27.4 Å². The van der Waals surface area contributed by atoms with E-state index in [1.54, 1.807) is 19.2 Å². The number of benzene rings is 2. The van der Waals surface area contributed by atoms with Gasteiger partial charge < -0.3 is 10.1 Å². The van der Waals surface area contributed by atoms with E-state index in [-0.39, 0.29) is 11.7 Å². The normalized spacial score (nSPS) is 10.8. The van der Waals surface area contributed by atoms with Crippen LogP contribution in [0.1, 0.15) is 5.56 Å². The first-order valence-electron chi connectivity index (χ1n) is 9.48. The van der Waals surface area contributed by atoms with Gasteiger partial charge in [-0.25, -0.2) is 4.68 Å². The monoisotopic (exact) mass is 453 g/mol. The van der Waals surface area contributed by atoms with E-state index in [4.69, 9.17) is 16.3 Å². The van der Waals surface area contributed by atoms with Crippen LogP contribution in [0.5, 0.6) is 5.75 Å². The molecule has 0 aliphatic carbocycles. The molecule has 2 heterocycles. The van der Waals surface area contributed by atoms with Crippen molar-refractivity contribution in [3.8, 4) is 17.1 Å². The summed E-state index contributed by atoms with van der Waals surface area (Å²) in [5.74, 6) is 1.31. The molecule has 0 atom stereocenters. The first kappa shape index (κ1) is 21.0. The second-order valence-corrected chi connectivity index (χ2v) is 8.06. The number of halogens is 1. The average molecular weight is 454 g/mol. The molecule has 0 bridgehead atoms. The van der Waals surface area contributed by atoms with Crippen LogP contribution in [-0.2, 0) is 4.79 Å². The number of hydrogen-bond donors (Lipinski definition) is 1. The van der Waals surface area contributed by atoms with Crippen molar-refractivity contribution >= 4 is 35.0 Å². The maximum absolute atomic E-state index is 12.6. The summed E-state index contributed by atoms with van der Waals surface area (Å²) >= 11 is 7.34. The minimum absolute atomic E-state index is 0.156. The maximum atomic E-state index is 12.6. The van der Waals surface area contributed by atoms with Crippen LogP contribution in [-0.4, -0.2) is 38.3 Å². The topological polar surface area (TPSA) is 74.0 Å². The van der Waals surface area contributed by atoms with Crippen LogP contribution in [0.4, 0.5) is 5.69 Å². The predicted molar refractivity (Wildman–Crippen MR) is 123 cm³/mol. The lowest BCUT2D eigenvalue weighted by Gasteiger charge is -2.13. The molecule has 2 aromatic heterocycles. The number of carbonyl (C=O) groups excluding carboxylic acids is 1. The number of aromatic nitrogens is 4. The second-order valence-electron chi connectivity index (χ2n) is 6.68.